The molecule has 12 atom stereocenters. The van der Waals surface area contributed by atoms with Crippen molar-refractivity contribution in [2.75, 3.05) is 84.1 Å². The fourth-order valence-corrected chi connectivity index (χ4v) is 17.9. The number of hydrogen-bond donors (Lipinski definition) is 2. The van der Waals surface area contributed by atoms with E-state index in [1.165, 1.54) is 0 Å². The first kappa shape index (κ1) is 77.1. The van der Waals surface area contributed by atoms with Gasteiger partial charge in [0, 0.05) is 71.9 Å². The zero-order chi connectivity index (χ0) is 76.3. The molecule has 0 aliphatic carbocycles. The van der Waals surface area contributed by atoms with E-state index in [1.54, 1.807) is 12.1 Å². The van der Waals surface area contributed by atoms with Crippen LogP contribution in [0.3, 0.4) is 0 Å². The number of anilines is 1. The molecule has 0 amide bonds. The molecule has 6 aromatic heterocycles. The monoisotopic (exact) mass is 1610 g/mol. The lowest BCUT2D eigenvalue weighted by Gasteiger charge is -2.39. The Morgan fingerprint density at radius 3 is 1.50 bits per heavy atom. The number of hydrogen-bond acceptors (Lipinski definition) is 19. The Balaban J connectivity index is 0.000000149. The number of pyridine rings is 3. The van der Waals surface area contributed by atoms with Gasteiger partial charge in [-0.15, -0.1) is 0 Å². The van der Waals surface area contributed by atoms with Crippen molar-refractivity contribution in [3.05, 3.63) is 86.0 Å². The van der Waals surface area contributed by atoms with Crippen molar-refractivity contribution in [2.45, 2.75) is 216 Å². The predicted molar refractivity (Wildman–Crippen MR) is 419 cm³/mol. The molecule has 22 nitrogen and oxygen atoms in total. The average Bonchev–Trinajstić information content (AvgIpc) is 1.60. The van der Waals surface area contributed by atoms with Crippen molar-refractivity contribution in [2.24, 2.45) is 0 Å². The van der Waals surface area contributed by atoms with Gasteiger partial charge in [0.05, 0.1) is 122 Å². The summed E-state index contributed by atoms with van der Waals surface area (Å²) in [6, 6.07) is 17.7. The van der Waals surface area contributed by atoms with E-state index < -0.39 is 38.9 Å². The topological polar surface area (TPSA) is 217 Å². The summed E-state index contributed by atoms with van der Waals surface area (Å²) in [5, 5.41) is 11.3. The van der Waals surface area contributed by atoms with Crippen LogP contribution < -0.4 is 19.1 Å². The van der Waals surface area contributed by atoms with Crippen molar-refractivity contribution >= 4 is 130 Å². The van der Waals surface area contributed by atoms with Gasteiger partial charge >= 0.3 is 0 Å². The molecule has 7 aromatic rings. The summed E-state index contributed by atoms with van der Waals surface area (Å²) in [6.07, 6.45) is -3.24. The smallest absolute Gasteiger partial charge is 0.198 e. The summed E-state index contributed by atoms with van der Waals surface area (Å²) in [7, 11) is -6.38. The van der Waals surface area contributed by atoms with E-state index in [-0.39, 0.29) is 123 Å². The molecule has 13 heterocycles. The molecular weight excluding hydrogens is 1500 g/mol. The third-order valence-corrected chi connectivity index (χ3v) is 35.1. The summed E-state index contributed by atoms with van der Waals surface area (Å²) in [5.41, 5.74) is 6.20. The molecule has 572 valence electrons. The number of morpholine rings is 1. The van der Waals surface area contributed by atoms with E-state index >= 15 is 0 Å². The molecule has 0 saturated carbocycles. The van der Waals surface area contributed by atoms with Crippen LogP contribution in [0.2, 0.25) is 113 Å². The predicted octanol–water partition coefficient (Wildman–Crippen LogP) is 15.8. The van der Waals surface area contributed by atoms with Crippen LogP contribution in [0.15, 0.2) is 60.6 Å². The summed E-state index contributed by atoms with van der Waals surface area (Å²) in [4.78, 5) is 18.9. The van der Waals surface area contributed by atoms with Crippen LogP contribution in [0, 0.1) is 0 Å². The lowest BCUT2D eigenvalue weighted by molar-refractivity contribution is 0.00794. The molecule has 2 N–H and O–H groups in total. The third kappa shape index (κ3) is 18.5. The van der Waals surface area contributed by atoms with Gasteiger partial charge in [-0.3, -0.25) is 9.13 Å². The number of ether oxygens (including phenoxy) is 12. The van der Waals surface area contributed by atoms with Crippen LogP contribution in [0.1, 0.15) is 44.3 Å². The van der Waals surface area contributed by atoms with Gasteiger partial charge in [0.15, 0.2) is 52.6 Å². The highest BCUT2D eigenvalue weighted by Crippen LogP contribution is 2.44. The highest BCUT2D eigenvalue weighted by molar-refractivity contribution is 6.76. The zero-order valence-corrected chi connectivity index (χ0v) is 70.4. The number of benzene rings is 1. The Morgan fingerprint density at radius 1 is 0.529 bits per heavy atom. The van der Waals surface area contributed by atoms with Crippen LogP contribution in [0.5, 0.6) is 17.6 Å². The Kier molecular flexibility index (Phi) is 24.0. The molecule has 0 unspecified atom stereocenters. The summed E-state index contributed by atoms with van der Waals surface area (Å²) < 4.78 is 107. The van der Waals surface area contributed by atoms with Gasteiger partial charge in [-0.2, -0.15) is 0 Å². The Morgan fingerprint density at radius 2 is 0.981 bits per heavy atom. The lowest BCUT2D eigenvalue weighted by Crippen LogP contribution is -2.47. The van der Waals surface area contributed by atoms with Crippen molar-refractivity contribution < 1.29 is 73.5 Å². The Hall–Kier alpha value is -3.67. The van der Waals surface area contributed by atoms with E-state index in [1.807, 2.05) is 45.5 Å². The quantitative estimate of drug-likeness (QED) is 0.0366. The summed E-state index contributed by atoms with van der Waals surface area (Å²) >= 11 is 31.5. The highest BCUT2D eigenvalue weighted by Gasteiger charge is 2.55. The number of nitrogens with one attached hydrogen (secondary N) is 1. The maximum absolute atomic E-state index is 9.92. The molecule has 0 radical (unpaired) electrons. The molecule has 31 heteroatoms. The second kappa shape index (κ2) is 32.3. The maximum Gasteiger partial charge on any atom is 0.198 e. The van der Waals surface area contributed by atoms with Gasteiger partial charge in [0.1, 0.15) is 66.5 Å². The normalized spacial score (nSPS) is 26.2. The number of aliphatic hydroxyl groups excluding tert-OH is 1. The first-order valence-electron chi connectivity index (χ1n) is 37.0. The number of H-pyrrole nitrogens is 1. The summed E-state index contributed by atoms with van der Waals surface area (Å²) in [6.45, 7) is 43.8. The van der Waals surface area contributed by atoms with Gasteiger partial charge in [-0.05, 0) is 78.6 Å². The van der Waals surface area contributed by atoms with Crippen molar-refractivity contribution in [3.8, 4) is 28.9 Å². The fraction of sp³-hybridized carbons (Fsp3) is 0.630. The molecule has 7 aliphatic rings. The molecule has 14 rings (SSSR count). The number of aromatic amines is 1. The van der Waals surface area contributed by atoms with Gasteiger partial charge in [-0.25, -0.2) is 15.0 Å². The molecule has 7 aliphatic heterocycles. The lowest BCUT2D eigenvalue weighted by atomic mass is 10.1. The standard InChI is InChI=1S/2C25H40Cl2N2O5Si2.C23H24ClN3O5/c2*1-25(2,3)36(7,8)34-20-14-32-22-19(13-31-23(20)22)33-21-12-17-18(11-16(26)24(27)28-17)29(21)15-30-9-10-35(4,5)6;24-15-9-16-17(10-20(25-16)32-19-12-31-22-18(28)11-30-23(19)22)26-21(15)13-1-3-14(4-2-13)27-5-7-29-8-6-27/h2*11-12,19-20,22-23H,9-10,13-15H2,1-8H3;1-4,9-10,18-19,22-23,25,28H,5-8,11-12H2/t2*19-,20-,22-,23-;18-,19-,22-,23-/m111/s1/i11D;;9D. The van der Waals surface area contributed by atoms with Crippen LogP contribution in [0.4, 0.5) is 5.69 Å². The molecule has 7 fully saturated rings. The average molecular weight is 1610 g/mol. The van der Waals surface area contributed by atoms with Crippen molar-refractivity contribution in [3.63, 3.8) is 0 Å². The van der Waals surface area contributed by atoms with Crippen LogP contribution >= 0.6 is 58.0 Å². The molecule has 7 saturated heterocycles. The second-order valence-electron chi connectivity index (χ2n) is 33.4. The second-order valence-corrected chi connectivity index (χ2v) is 56.0. The molecule has 0 spiro atoms. The van der Waals surface area contributed by atoms with E-state index in [2.05, 4.69) is 127 Å². The molecule has 1 aromatic carbocycles. The van der Waals surface area contributed by atoms with Crippen LogP contribution in [-0.2, 0) is 64.9 Å². The van der Waals surface area contributed by atoms with Gasteiger partial charge in [0.2, 0.25) is 0 Å². The van der Waals surface area contributed by atoms with Gasteiger partial charge in [0.25, 0.3) is 0 Å². The van der Waals surface area contributed by atoms with Crippen molar-refractivity contribution in [1.82, 2.24) is 29.1 Å². The Labute approximate surface area is 642 Å². The van der Waals surface area contributed by atoms with Gasteiger partial charge in [-0.1, -0.05) is 151 Å². The number of halogens is 5. The minimum absolute atomic E-state index is 0.0838. The minimum Gasteiger partial charge on any atom is -0.470 e. The van der Waals surface area contributed by atoms with Gasteiger partial charge < -0.3 is 80.7 Å². The molecule has 0 bridgehead atoms. The van der Waals surface area contributed by atoms with E-state index in [9.17, 15) is 5.11 Å². The number of rotatable bonds is 22. The van der Waals surface area contributed by atoms with E-state index in [4.69, 9.17) is 131 Å². The van der Waals surface area contributed by atoms with Crippen molar-refractivity contribution in [1.29, 1.82) is 0 Å². The summed E-state index contributed by atoms with van der Waals surface area (Å²) in [5.74, 6) is 1.62. The SMILES string of the molecule is CC(C)(C)[Si](C)(C)O[C@@H]1CO[C@H]2[C@@H]1OC[C@H]2Oc1cc2nc(Cl)c(Cl)cc2n1COCC[Si](C)(C)C.[2H]c1c(Cl)c(-c2ccc(N3CCOCC3)cc2)nc2cc(O[C@@H]3CO[C@H]4[C@@H]3OC[C@H]4O)[nH]c12.[2H]c1c(Cl)c(Cl)nc2cc(O[C@@H]3CO[C@H]4[C@@H]3OC[C@H]4O[Si](C)(C)C(C)(C)C)n(COCC[Si](C)(C)C)c12. The fourth-order valence-electron chi connectivity index (χ4n) is 12.9. The molecular formula is C73H104Cl5N7O15Si4. The minimum atomic E-state index is -1.98. The number of nitrogens with zero attached hydrogens (tertiary/aromatic N) is 6. The first-order valence-corrected chi connectivity index (χ1v) is 51.2. The number of aromatic nitrogens is 6. The third-order valence-electron chi connectivity index (χ3n) is 21.1. The van der Waals surface area contributed by atoms with Crippen LogP contribution in [0.25, 0.3) is 44.4 Å². The number of fused-ring (bicyclic) bond motifs is 6. The van der Waals surface area contributed by atoms with Crippen LogP contribution in [-0.4, -0.2) is 219 Å². The maximum atomic E-state index is 9.92. The molecule has 104 heavy (non-hydrogen) atoms. The first-order chi connectivity index (χ1) is 49.8. The Bertz CT molecular complexity index is 4230. The largest absolute Gasteiger partial charge is 0.470 e. The number of aliphatic hydroxyl groups is 1. The zero-order valence-electron chi connectivity index (χ0n) is 64.6. The van der Waals surface area contributed by atoms with E-state index in [0.29, 0.717) is 109 Å². The highest BCUT2D eigenvalue weighted by atomic mass is 35.5. The van der Waals surface area contributed by atoms with E-state index in [0.717, 1.165) is 55.2 Å².